The number of phenols is 1. The minimum absolute atomic E-state index is 0.195. The number of benzene rings is 1. The van der Waals surface area contributed by atoms with E-state index < -0.39 is 17.4 Å². The second-order valence-electron chi connectivity index (χ2n) is 2.03. The Morgan fingerprint density at radius 1 is 1.27 bits per heavy atom. The molecule has 0 atom stereocenters. The van der Waals surface area contributed by atoms with E-state index in [-0.39, 0.29) is 10.9 Å². The molecular weight excluding hydrogens is 218 g/mol. The van der Waals surface area contributed by atoms with E-state index in [0.717, 1.165) is 12.1 Å². The zero-order chi connectivity index (χ0) is 8.43. The summed E-state index contributed by atoms with van der Waals surface area (Å²) >= 11 is 2.98. The summed E-state index contributed by atoms with van der Waals surface area (Å²) in [5.41, 5.74) is 0.195. The van der Waals surface area contributed by atoms with E-state index in [1.807, 2.05) is 0 Å². The molecule has 0 spiro atoms. The molecule has 4 heteroatoms. The maximum absolute atomic E-state index is 12.7. The molecule has 0 unspecified atom stereocenters. The van der Waals surface area contributed by atoms with Crippen molar-refractivity contribution in [3.05, 3.63) is 29.3 Å². The van der Waals surface area contributed by atoms with Gasteiger partial charge in [-0.1, -0.05) is 15.9 Å². The monoisotopic (exact) mass is 222 g/mol. The zero-order valence-electron chi connectivity index (χ0n) is 5.44. The van der Waals surface area contributed by atoms with Gasteiger partial charge in [0.15, 0.2) is 11.6 Å². The number of rotatable bonds is 1. The number of alkyl halides is 1. The van der Waals surface area contributed by atoms with Crippen LogP contribution in [0, 0.1) is 11.6 Å². The number of hydrogen-bond acceptors (Lipinski definition) is 1. The maximum Gasteiger partial charge on any atom is 0.165 e. The molecule has 1 nitrogen and oxygen atoms in total. The van der Waals surface area contributed by atoms with Crippen molar-refractivity contribution in [3.63, 3.8) is 0 Å². The van der Waals surface area contributed by atoms with Crippen LogP contribution in [0.5, 0.6) is 5.75 Å². The first kappa shape index (κ1) is 8.46. The summed E-state index contributed by atoms with van der Waals surface area (Å²) in [5.74, 6) is -2.08. The molecule has 0 aliphatic carbocycles. The molecule has 11 heavy (non-hydrogen) atoms. The number of aromatic hydroxyl groups is 1. The van der Waals surface area contributed by atoms with Gasteiger partial charge in [0.25, 0.3) is 0 Å². The lowest BCUT2D eigenvalue weighted by atomic mass is 10.2. The van der Waals surface area contributed by atoms with Gasteiger partial charge in [-0.2, -0.15) is 0 Å². The van der Waals surface area contributed by atoms with Crippen LogP contribution in [0.15, 0.2) is 12.1 Å². The van der Waals surface area contributed by atoms with Crippen LogP contribution >= 0.6 is 15.9 Å². The Kier molecular flexibility index (Phi) is 2.44. The summed E-state index contributed by atoms with van der Waals surface area (Å²) < 4.78 is 25.2. The van der Waals surface area contributed by atoms with Crippen LogP contribution in [0.2, 0.25) is 0 Å². The lowest BCUT2D eigenvalue weighted by Crippen LogP contribution is -1.87. The molecule has 0 radical (unpaired) electrons. The number of hydrogen-bond donors (Lipinski definition) is 1. The third kappa shape index (κ3) is 1.68. The fourth-order valence-electron chi connectivity index (χ4n) is 0.680. The van der Waals surface area contributed by atoms with Crippen molar-refractivity contribution < 1.29 is 13.9 Å². The van der Waals surface area contributed by atoms with Crippen molar-refractivity contribution in [2.24, 2.45) is 0 Å². The molecular formula is C7H5BrF2O. The van der Waals surface area contributed by atoms with Crippen LogP contribution in [0.25, 0.3) is 0 Å². The normalized spacial score (nSPS) is 10.1. The third-order valence-corrected chi connectivity index (χ3v) is 1.86. The van der Waals surface area contributed by atoms with Crippen molar-refractivity contribution in [1.82, 2.24) is 0 Å². The van der Waals surface area contributed by atoms with Gasteiger partial charge in [-0.05, 0) is 6.07 Å². The van der Waals surface area contributed by atoms with Gasteiger partial charge in [0, 0.05) is 17.0 Å². The van der Waals surface area contributed by atoms with Crippen LogP contribution in [0.1, 0.15) is 5.56 Å². The highest BCUT2D eigenvalue weighted by Gasteiger charge is 2.06. The molecule has 0 aliphatic rings. The fraction of sp³-hybridized carbons (Fsp3) is 0.143. The standard InChI is InChI=1S/C7H5BrF2O/c8-3-4-1-6(10)7(11)2-5(4)9/h1-2,11H,3H2. The topological polar surface area (TPSA) is 20.2 Å². The van der Waals surface area contributed by atoms with E-state index in [2.05, 4.69) is 15.9 Å². The molecule has 0 amide bonds. The summed E-state index contributed by atoms with van der Waals surface area (Å²) in [6.07, 6.45) is 0. The van der Waals surface area contributed by atoms with Gasteiger partial charge >= 0.3 is 0 Å². The first-order valence-electron chi connectivity index (χ1n) is 2.88. The first-order valence-corrected chi connectivity index (χ1v) is 4.00. The summed E-state index contributed by atoms with van der Waals surface area (Å²) in [4.78, 5) is 0. The highest BCUT2D eigenvalue weighted by Crippen LogP contribution is 2.21. The molecule has 0 saturated carbocycles. The van der Waals surface area contributed by atoms with E-state index in [1.165, 1.54) is 0 Å². The van der Waals surface area contributed by atoms with Gasteiger partial charge < -0.3 is 5.11 Å². The Labute approximate surface area is 70.8 Å². The first-order chi connectivity index (χ1) is 5.15. The van der Waals surface area contributed by atoms with E-state index in [1.54, 1.807) is 0 Å². The molecule has 0 aromatic heterocycles. The Bertz CT molecular complexity index is 275. The minimum atomic E-state index is -0.805. The molecule has 0 bridgehead atoms. The Hall–Kier alpha value is -0.640. The van der Waals surface area contributed by atoms with Gasteiger partial charge in [-0.15, -0.1) is 0 Å². The lowest BCUT2D eigenvalue weighted by molar-refractivity contribution is 0.425. The Balaban J connectivity index is 3.21. The van der Waals surface area contributed by atoms with Crippen LogP contribution in [-0.4, -0.2) is 5.11 Å². The molecule has 1 N–H and O–H groups in total. The van der Waals surface area contributed by atoms with Crippen molar-refractivity contribution in [3.8, 4) is 5.75 Å². The molecule has 0 heterocycles. The van der Waals surface area contributed by atoms with Crippen LogP contribution in [0.4, 0.5) is 8.78 Å². The van der Waals surface area contributed by atoms with Gasteiger partial charge in [0.05, 0.1) is 0 Å². The summed E-state index contributed by atoms with van der Waals surface area (Å²) in [5, 5.41) is 8.92. The highest BCUT2D eigenvalue weighted by molar-refractivity contribution is 9.08. The Morgan fingerprint density at radius 2 is 1.91 bits per heavy atom. The average Bonchev–Trinajstić information content (AvgIpc) is 1.97. The third-order valence-electron chi connectivity index (χ3n) is 1.26. The zero-order valence-corrected chi connectivity index (χ0v) is 7.03. The van der Waals surface area contributed by atoms with Crippen LogP contribution in [-0.2, 0) is 5.33 Å². The highest BCUT2D eigenvalue weighted by atomic mass is 79.9. The number of halogens is 3. The van der Waals surface area contributed by atoms with Gasteiger partial charge in [0.2, 0.25) is 0 Å². The minimum Gasteiger partial charge on any atom is -0.505 e. The van der Waals surface area contributed by atoms with Crippen molar-refractivity contribution >= 4 is 15.9 Å². The van der Waals surface area contributed by atoms with Crippen LogP contribution in [0.3, 0.4) is 0 Å². The second-order valence-corrected chi connectivity index (χ2v) is 2.59. The molecule has 1 aromatic rings. The quantitative estimate of drug-likeness (QED) is 0.725. The van der Waals surface area contributed by atoms with E-state index in [0.29, 0.717) is 0 Å². The molecule has 1 rings (SSSR count). The van der Waals surface area contributed by atoms with E-state index in [9.17, 15) is 8.78 Å². The molecule has 1 aromatic carbocycles. The number of phenolic OH excluding ortho intramolecular Hbond substituents is 1. The van der Waals surface area contributed by atoms with Gasteiger partial charge in [-0.3, -0.25) is 0 Å². The predicted octanol–water partition coefficient (Wildman–Crippen LogP) is 2.57. The molecule has 0 saturated heterocycles. The van der Waals surface area contributed by atoms with Crippen LogP contribution < -0.4 is 0 Å². The molecule has 0 fully saturated rings. The van der Waals surface area contributed by atoms with E-state index >= 15 is 0 Å². The van der Waals surface area contributed by atoms with Crippen molar-refractivity contribution in [1.29, 1.82) is 0 Å². The summed E-state index contributed by atoms with van der Waals surface area (Å²) in [7, 11) is 0. The largest absolute Gasteiger partial charge is 0.505 e. The SMILES string of the molecule is Oc1cc(F)c(CBr)cc1F. The van der Waals surface area contributed by atoms with Crippen molar-refractivity contribution in [2.45, 2.75) is 5.33 Å². The Morgan fingerprint density at radius 3 is 2.45 bits per heavy atom. The average molecular weight is 223 g/mol. The van der Waals surface area contributed by atoms with Gasteiger partial charge in [0.1, 0.15) is 5.82 Å². The summed E-state index contributed by atoms with van der Waals surface area (Å²) in [6.45, 7) is 0. The lowest BCUT2D eigenvalue weighted by Gasteiger charge is -1.99. The maximum atomic E-state index is 12.7. The predicted molar refractivity (Wildman–Crippen MR) is 40.7 cm³/mol. The molecule has 0 aliphatic heterocycles. The summed E-state index contributed by atoms with van der Waals surface area (Å²) in [6, 6.07) is 1.71. The second kappa shape index (κ2) is 3.17. The van der Waals surface area contributed by atoms with Gasteiger partial charge in [-0.25, -0.2) is 8.78 Å². The van der Waals surface area contributed by atoms with E-state index in [4.69, 9.17) is 5.11 Å². The molecule has 60 valence electrons. The fourth-order valence-corrected chi connectivity index (χ4v) is 1.11. The smallest absolute Gasteiger partial charge is 0.165 e. The van der Waals surface area contributed by atoms with Crippen molar-refractivity contribution in [2.75, 3.05) is 0 Å².